The standard InChI is InChI=1S/C23H22N4O2S/c1-3-14-27(20-13-8-16-6-4-5-7-19(16)20)15-21-25-26-23(30-21)22(28)24-17-9-11-18(29-2)12-10-17/h1,4-7,9-12,20H,8,13-15H2,2H3,(H,24,28)/t20-/m0/s1. The lowest BCUT2D eigenvalue weighted by Crippen LogP contribution is -2.27. The molecule has 0 unspecified atom stereocenters. The van der Waals surface area contributed by atoms with Crippen molar-refractivity contribution >= 4 is 22.9 Å². The molecule has 0 radical (unpaired) electrons. The molecular weight excluding hydrogens is 396 g/mol. The molecule has 4 rings (SSSR count). The second-order valence-electron chi connectivity index (χ2n) is 7.05. The zero-order chi connectivity index (χ0) is 20.9. The number of hydrogen-bond acceptors (Lipinski definition) is 6. The molecule has 1 N–H and O–H groups in total. The number of carbonyl (C=O) groups is 1. The van der Waals surface area contributed by atoms with E-state index >= 15 is 0 Å². The average molecular weight is 419 g/mol. The van der Waals surface area contributed by atoms with Crippen LogP contribution < -0.4 is 10.1 Å². The van der Waals surface area contributed by atoms with Crippen LogP contribution in [0.15, 0.2) is 48.5 Å². The number of amides is 1. The number of nitrogens with zero attached hydrogens (tertiary/aromatic N) is 3. The largest absolute Gasteiger partial charge is 0.497 e. The highest BCUT2D eigenvalue weighted by molar-refractivity contribution is 7.13. The Labute approximate surface area is 179 Å². The molecule has 152 valence electrons. The van der Waals surface area contributed by atoms with E-state index in [1.165, 1.54) is 22.5 Å². The third-order valence-corrected chi connectivity index (χ3v) is 6.09. The fourth-order valence-corrected chi connectivity index (χ4v) is 4.51. The van der Waals surface area contributed by atoms with E-state index in [1.807, 2.05) is 0 Å². The molecular formula is C23H22N4O2S. The average Bonchev–Trinajstić information content (AvgIpc) is 3.41. The molecule has 1 aromatic heterocycles. The maximum Gasteiger partial charge on any atom is 0.286 e. The summed E-state index contributed by atoms with van der Waals surface area (Å²) < 4.78 is 5.13. The van der Waals surface area contributed by atoms with Crippen LogP contribution in [0.3, 0.4) is 0 Å². The monoisotopic (exact) mass is 418 g/mol. The first-order valence-electron chi connectivity index (χ1n) is 9.71. The molecule has 0 aliphatic heterocycles. The minimum Gasteiger partial charge on any atom is -0.497 e. The van der Waals surface area contributed by atoms with Gasteiger partial charge in [-0.05, 0) is 48.2 Å². The number of aromatic nitrogens is 2. The van der Waals surface area contributed by atoms with Crippen LogP contribution in [0, 0.1) is 12.3 Å². The third kappa shape index (κ3) is 4.35. The highest BCUT2D eigenvalue weighted by Gasteiger charge is 2.28. The van der Waals surface area contributed by atoms with Crippen molar-refractivity contribution in [3.63, 3.8) is 0 Å². The fraction of sp³-hybridized carbons (Fsp3) is 0.261. The van der Waals surface area contributed by atoms with Crippen molar-refractivity contribution in [2.45, 2.75) is 25.4 Å². The van der Waals surface area contributed by atoms with Gasteiger partial charge in [0.15, 0.2) is 0 Å². The van der Waals surface area contributed by atoms with Gasteiger partial charge in [-0.2, -0.15) is 0 Å². The summed E-state index contributed by atoms with van der Waals surface area (Å²) in [5.74, 6) is 3.21. The van der Waals surface area contributed by atoms with E-state index in [9.17, 15) is 4.79 Å². The van der Waals surface area contributed by atoms with Gasteiger partial charge in [-0.1, -0.05) is 41.5 Å². The molecule has 0 saturated heterocycles. The van der Waals surface area contributed by atoms with Gasteiger partial charge in [0, 0.05) is 11.7 Å². The van der Waals surface area contributed by atoms with Crippen LogP contribution in [-0.2, 0) is 13.0 Å². The molecule has 0 saturated carbocycles. The molecule has 1 atom stereocenters. The summed E-state index contributed by atoms with van der Waals surface area (Å²) >= 11 is 1.29. The SMILES string of the molecule is C#CCN(Cc1nnc(C(=O)Nc2ccc(OC)cc2)s1)[C@H]1CCc2ccccc21. The number of anilines is 1. The lowest BCUT2D eigenvalue weighted by molar-refractivity contribution is 0.102. The highest BCUT2D eigenvalue weighted by atomic mass is 32.1. The number of aryl methyl sites for hydroxylation is 1. The lowest BCUT2D eigenvalue weighted by atomic mass is 10.1. The van der Waals surface area contributed by atoms with Crippen LogP contribution in [0.2, 0.25) is 0 Å². The van der Waals surface area contributed by atoms with Crippen molar-refractivity contribution in [3.05, 3.63) is 69.7 Å². The van der Waals surface area contributed by atoms with Gasteiger partial charge in [-0.3, -0.25) is 9.69 Å². The molecule has 3 aromatic rings. The Hall–Kier alpha value is -3.21. The Bertz CT molecular complexity index is 1070. The van der Waals surface area contributed by atoms with Crippen molar-refractivity contribution < 1.29 is 9.53 Å². The molecule has 1 heterocycles. The van der Waals surface area contributed by atoms with E-state index < -0.39 is 0 Å². The number of nitrogens with one attached hydrogen (secondary N) is 1. The van der Waals surface area contributed by atoms with Gasteiger partial charge < -0.3 is 10.1 Å². The summed E-state index contributed by atoms with van der Waals surface area (Å²) in [6, 6.07) is 15.9. The molecule has 2 aromatic carbocycles. The van der Waals surface area contributed by atoms with Gasteiger partial charge in [0.25, 0.3) is 5.91 Å². The Morgan fingerprint density at radius 1 is 1.27 bits per heavy atom. The first-order chi connectivity index (χ1) is 14.7. The zero-order valence-corrected chi connectivity index (χ0v) is 17.5. The Morgan fingerprint density at radius 3 is 2.83 bits per heavy atom. The van der Waals surface area contributed by atoms with Crippen molar-refractivity contribution in [3.8, 4) is 18.1 Å². The topological polar surface area (TPSA) is 67.4 Å². The summed E-state index contributed by atoms with van der Waals surface area (Å²) in [7, 11) is 1.60. The van der Waals surface area contributed by atoms with E-state index in [0.29, 0.717) is 23.8 Å². The van der Waals surface area contributed by atoms with E-state index in [4.69, 9.17) is 11.2 Å². The highest BCUT2D eigenvalue weighted by Crippen LogP contribution is 2.36. The van der Waals surface area contributed by atoms with E-state index in [1.54, 1.807) is 31.4 Å². The van der Waals surface area contributed by atoms with Crippen LogP contribution in [0.1, 0.15) is 38.4 Å². The molecule has 1 aliphatic rings. The van der Waals surface area contributed by atoms with Crippen molar-refractivity contribution in [2.24, 2.45) is 0 Å². The summed E-state index contributed by atoms with van der Waals surface area (Å²) in [5, 5.41) is 12.3. The maximum absolute atomic E-state index is 12.5. The van der Waals surface area contributed by atoms with Gasteiger partial charge >= 0.3 is 0 Å². The first kappa shape index (κ1) is 20.1. The van der Waals surface area contributed by atoms with Crippen LogP contribution in [0.4, 0.5) is 5.69 Å². The molecule has 0 spiro atoms. The van der Waals surface area contributed by atoms with Gasteiger partial charge in [0.1, 0.15) is 10.8 Å². The number of fused-ring (bicyclic) bond motifs is 1. The molecule has 1 aliphatic carbocycles. The van der Waals surface area contributed by atoms with Crippen LogP contribution in [0.25, 0.3) is 0 Å². The number of terminal acetylenes is 1. The van der Waals surface area contributed by atoms with Crippen molar-refractivity contribution in [2.75, 3.05) is 19.0 Å². The Balaban J connectivity index is 1.44. The minimum atomic E-state index is -0.279. The molecule has 0 bridgehead atoms. The molecule has 30 heavy (non-hydrogen) atoms. The normalized spacial score (nSPS) is 14.9. The second-order valence-corrected chi connectivity index (χ2v) is 8.11. The van der Waals surface area contributed by atoms with Gasteiger partial charge in [0.05, 0.1) is 20.2 Å². The zero-order valence-electron chi connectivity index (χ0n) is 16.7. The predicted molar refractivity (Wildman–Crippen MR) is 118 cm³/mol. The number of carbonyl (C=O) groups excluding carboxylic acids is 1. The first-order valence-corrected chi connectivity index (χ1v) is 10.5. The fourth-order valence-electron chi connectivity index (χ4n) is 3.75. The van der Waals surface area contributed by atoms with Gasteiger partial charge in [0.2, 0.25) is 5.01 Å². The summed E-state index contributed by atoms with van der Waals surface area (Å²) in [6.07, 6.45) is 7.71. The number of rotatable bonds is 7. The molecule has 6 nitrogen and oxygen atoms in total. The van der Waals surface area contributed by atoms with E-state index in [2.05, 4.69) is 50.6 Å². The number of methoxy groups -OCH3 is 1. The summed E-state index contributed by atoms with van der Waals surface area (Å²) in [4.78, 5) is 14.8. The van der Waals surface area contributed by atoms with E-state index in [0.717, 1.165) is 23.6 Å². The number of ether oxygens (including phenoxy) is 1. The molecule has 1 amide bonds. The van der Waals surface area contributed by atoms with Crippen LogP contribution in [0.5, 0.6) is 5.75 Å². The predicted octanol–water partition coefficient (Wildman–Crippen LogP) is 3.92. The lowest BCUT2D eigenvalue weighted by Gasteiger charge is -2.26. The third-order valence-electron chi connectivity index (χ3n) is 5.18. The quantitative estimate of drug-likeness (QED) is 0.589. The summed E-state index contributed by atoms with van der Waals surface area (Å²) in [6.45, 7) is 1.09. The smallest absolute Gasteiger partial charge is 0.286 e. The van der Waals surface area contributed by atoms with Crippen molar-refractivity contribution in [1.82, 2.24) is 15.1 Å². The Kier molecular flexibility index (Phi) is 6.07. The van der Waals surface area contributed by atoms with Crippen LogP contribution in [-0.4, -0.2) is 34.7 Å². The molecule has 0 fully saturated rings. The number of benzene rings is 2. The van der Waals surface area contributed by atoms with Gasteiger partial charge in [-0.15, -0.1) is 16.6 Å². The van der Waals surface area contributed by atoms with E-state index in [-0.39, 0.29) is 11.9 Å². The Morgan fingerprint density at radius 2 is 2.07 bits per heavy atom. The maximum atomic E-state index is 12.5. The summed E-state index contributed by atoms with van der Waals surface area (Å²) in [5.41, 5.74) is 3.38. The molecule has 7 heteroatoms. The second kappa shape index (κ2) is 9.08. The van der Waals surface area contributed by atoms with Crippen LogP contribution >= 0.6 is 11.3 Å². The minimum absolute atomic E-state index is 0.262. The van der Waals surface area contributed by atoms with Gasteiger partial charge in [-0.25, -0.2) is 0 Å². The number of hydrogen-bond donors (Lipinski definition) is 1. The van der Waals surface area contributed by atoms with Crippen molar-refractivity contribution in [1.29, 1.82) is 0 Å².